The molecule has 6 nitrogen and oxygen atoms in total. The van der Waals surface area contributed by atoms with E-state index in [0.29, 0.717) is 24.7 Å². The lowest BCUT2D eigenvalue weighted by Gasteiger charge is -2.10. The fourth-order valence-electron chi connectivity index (χ4n) is 1.97. The number of ether oxygens (including phenoxy) is 1. The summed E-state index contributed by atoms with van der Waals surface area (Å²) in [6.07, 6.45) is -0.545. The Kier molecular flexibility index (Phi) is 5.19. The van der Waals surface area contributed by atoms with E-state index in [9.17, 15) is 4.79 Å². The summed E-state index contributed by atoms with van der Waals surface area (Å²) in [6.45, 7) is 4.74. The van der Waals surface area contributed by atoms with E-state index in [1.807, 2.05) is 12.1 Å². The molecule has 1 heterocycles. The highest BCUT2D eigenvalue weighted by atomic mass is 16.5. The summed E-state index contributed by atoms with van der Waals surface area (Å²) in [6, 6.07) is 11.7. The lowest BCUT2D eigenvalue weighted by atomic mass is 10.1. The molecule has 0 aliphatic heterocycles. The minimum Gasteiger partial charge on any atom is -0.450 e. The Bertz CT molecular complexity index is 658. The van der Waals surface area contributed by atoms with Crippen LogP contribution in [0.25, 0.3) is 0 Å². The number of aryl methyl sites for hydroxylation is 1. The number of pyridine rings is 1. The van der Waals surface area contributed by atoms with Crippen molar-refractivity contribution in [1.82, 2.24) is 4.98 Å². The van der Waals surface area contributed by atoms with Crippen LogP contribution < -0.4 is 16.4 Å². The molecular formula is C16H20N4O2. The number of rotatable bonds is 5. The third kappa shape index (κ3) is 4.37. The van der Waals surface area contributed by atoms with Crippen molar-refractivity contribution in [3.8, 4) is 0 Å². The SMILES string of the molecule is CCOC(=O)Nc1ccc(NCc2cccc(C)c2)nc1N. The normalized spacial score (nSPS) is 10.1. The zero-order valence-corrected chi connectivity index (χ0v) is 12.7. The van der Waals surface area contributed by atoms with Crippen LogP contribution in [0.2, 0.25) is 0 Å². The summed E-state index contributed by atoms with van der Waals surface area (Å²) < 4.78 is 4.80. The Hall–Kier alpha value is -2.76. The van der Waals surface area contributed by atoms with Crippen molar-refractivity contribution in [1.29, 1.82) is 0 Å². The Labute approximate surface area is 129 Å². The maximum atomic E-state index is 11.4. The molecule has 0 radical (unpaired) electrons. The zero-order chi connectivity index (χ0) is 15.9. The lowest BCUT2D eigenvalue weighted by Crippen LogP contribution is -2.15. The molecule has 1 amide bonds. The van der Waals surface area contributed by atoms with Gasteiger partial charge in [-0.05, 0) is 31.5 Å². The monoisotopic (exact) mass is 300 g/mol. The maximum absolute atomic E-state index is 11.4. The molecule has 116 valence electrons. The van der Waals surface area contributed by atoms with Crippen molar-refractivity contribution in [3.05, 3.63) is 47.5 Å². The van der Waals surface area contributed by atoms with Crippen LogP contribution in [0.1, 0.15) is 18.1 Å². The quantitative estimate of drug-likeness (QED) is 0.789. The number of carbonyl (C=O) groups is 1. The van der Waals surface area contributed by atoms with E-state index in [2.05, 4.69) is 34.7 Å². The smallest absolute Gasteiger partial charge is 0.411 e. The third-order valence-electron chi connectivity index (χ3n) is 2.99. The first kappa shape index (κ1) is 15.6. The van der Waals surface area contributed by atoms with E-state index in [1.165, 1.54) is 5.56 Å². The van der Waals surface area contributed by atoms with E-state index in [4.69, 9.17) is 10.5 Å². The second-order valence-electron chi connectivity index (χ2n) is 4.82. The number of nitrogen functional groups attached to an aromatic ring is 1. The van der Waals surface area contributed by atoms with E-state index in [1.54, 1.807) is 19.1 Å². The van der Waals surface area contributed by atoms with Crippen molar-refractivity contribution < 1.29 is 9.53 Å². The number of nitrogens with two attached hydrogens (primary N) is 1. The molecule has 0 fully saturated rings. The number of aromatic nitrogens is 1. The first-order valence-electron chi connectivity index (χ1n) is 7.08. The van der Waals surface area contributed by atoms with Crippen LogP contribution in [0.3, 0.4) is 0 Å². The van der Waals surface area contributed by atoms with Gasteiger partial charge in [0.1, 0.15) is 11.6 Å². The fourth-order valence-corrected chi connectivity index (χ4v) is 1.97. The number of benzene rings is 1. The molecular weight excluding hydrogens is 280 g/mol. The molecule has 0 atom stereocenters. The van der Waals surface area contributed by atoms with Crippen LogP contribution in [0.5, 0.6) is 0 Å². The van der Waals surface area contributed by atoms with Gasteiger partial charge in [0.05, 0.1) is 12.3 Å². The topological polar surface area (TPSA) is 89.3 Å². The van der Waals surface area contributed by atoms with Gasteiger partial charge in [-0.1, -0.05) is 29.8 Å². The lowest BCUT2D eigenvalue weighted by molar-refractivity contribution is 0.168. The summed E-state index contributed by atoms with van der Waals surface area (Å²) >= 11 is 0. The molecule has 0 saturated carbocycles. The predicted octanol–water partition coefficient (Wildman–Crippen LogP) is 3.15. The van der Waals surface area contributed by atoms with Gasteiger partial charge >= 0.3 is 6.09 Å². The van der Waals surface area contributed by atoms with Gasteiger partial charge in [-0.2, -0.15) is 0 Å². The fraction of sp³-hybridized carbons (Fsp3) is 0.250. The molecule has 22 heavy (non-hydrogen) atoms. The average molecular weight is 300 g/mol. The number of anilines is 3. The molecule has 0 spiro atoms. The number of hydrogen-bond acceptors (Lipinski definition) is 5. The van der Waals surface area contributed by atoms with Crippen molar-refractivity contribution in [2.45, 2.75) is 20.4 Å². The molecule has 0 bridgehead atoms. The van der Waals surface area contributed by atoms with Gasteiger partial charge in [-0.15, -0.1) is 0 Å². The van der Waals surface area contributed by atoms with Crippen LogP contribution in [-0.4, -0.2) is 17.7 Å². The van der Waals surface area contributed by atoms with Crippen LogP contribution in [0.15, 0.2) is 36.4 Å². The van der Waals surface area contributed by atoms with Crippen molar-refractivity contribution >= 4 is 23.4 Å². The third-order valence-corrected chi connectivity index (χ3v) is 2.99. The van der Waals surface area contributed by atoms with Crippen LogP contribution in [0, 0.1) is 6.92 Å². The highest BCUT2D eigenvalue weighted by Crippen LogP contribution is 2.19. The van der Waals surface area contributed by atoms with Gasteiger partial charge in [-0.3, -0.25) is 5.32 Å². The summed E-state index contributed by atoms with van der Waals surface area (Å²) in [7, 11) is 0. The first-order valence-corrected chi connectivity index (χ1v) is 7.08. The number of nitrogens with one attached hydrogen (secondary N) is 2. The van der Waals surface area contributed by atoms with Gasteiger partial charge in [0.15, 0.2) is 0 Å². The molecule has 0 saturated heterocycles. The summed E-state index contributed by atoms with van der Waals surface area (Å²) in [5.74, 6) is 0.885. The van der Waals surface area contributed by atoms with E-state index >= 15 is 0 Å². The van der Waals surface area contributed by atoms with E-state index in [-0.39, 0.29) is 5.82 Å². The van der Waals surface area contributed by atoms with Crippen molar-refractivity contribution in [2.24, 2.45) is 0 Å². The van der Waals surface area contributed by atoms with Gasteiger partial charge in [-0.25, -0.2) is 9.78 Å². The number of nitrogens with zero attached hydrogens (tertiary/aromatic N) is 1. The van der Waals surface area contributed by atoms with Crippen molar-refractivity contribution in [2.75, 3.05) is 23.0 Å². The Morgan fingerprint density at radius 3 is 2.82 bits per heavy atom. The van der Waals surface area contributed by atoms with Crippen LogP contribution >= 0.6 is 0 Å². The molecule has 6 heteroatoms. The molecule has 1 aromatic heterocycles. The largest absolute Gasteiger partial charge is 0.450 e. The molecule has 2 rings (SSSR count). The molecule has 0 aliphatic carbocycles. The second kappa shape index (κ2) is 7.31. The Balaban J connectivity index is 1.98. The molecule has 0 unspecified atom stereocenters. The standard InChI is InChI=1S/C16H20N4O2/c1-3-22-16(21)19-13-7-8-14(20-15(13)17)18-10-12-6-4-5-11(2)9-12/h4-9H,3,10H2,1-2H3,(H,19,21)(H3,17,18,20). The predicted molar refractivity (Wildman–Crippen MR) is 87.8 cm³/mol. The number of amides is 1. The first-order chi connectivity index (χ1) is 10.6. The van der Waals surface area contributed by atoms with Crippen LogP contribution in [0.4, 0.5) is 22.1 Å². The van der Waals surface area contributed by atoms with Gasteiger partial charge in [0.2, 0.25) is 0 Å². The van der Waals surface area contributed by atoms with Crippen LogP contribution in [-0.2, 0) is 11.3 Å². The summed E-state index contributed by atoms with van der Waals surface area (Å²) in [4.78, 5) is 15.6. The molecule has 4 N–H and O–H groups in total. The zero-order valence-electron chi connectivity index (χ0n) is 12.7. The molecule has 0 aliphatic rings. The number of carbonyl (C=O) groups excluding carboxylic acids is 1. The van der Waals surface area contributed by atoms with E-state index in [0.717, 1.165) is 5.56 Å². The summed E-state index contributed by atoms with van der Waals surface area (Å²) in [5.41, 5.74) is 8.64. The highest BCUT2D eigenvalue weighted by molar-refractivity contribution is 5.88. The second-order valence-corrected chi connectivity index (χ2v) is 4.82. The molecule has 1 aromatic carbocycles. The van der Waals surface area contributed by atoms with Gasteiger partial charge < -0.3 is 15.8 Å². The minimum atomic E-state index is -0.545. The van der Waals surface area contributed by atoms with Gasteiger partial charge in [0.25, 0.3) is 0 Å². The highest BCUT2D eigenvalue weighted by Gasteiger charge is 2.07. The average Bonchev–Trinajstić information content (AvgIpc) is 2.48. The summed E-state index contributed by atoms with van der Waals surface area (Å²) in [5, 5.41) is 5.74. The van der Waals surface area contributed by atoms with Crippen molar-refractivity contribution in [3.63, 3.8) is 0 Å². The Morgan fingerprint density at radius 2 is 2.14 bits per heavy atom. The van der Waals surface area contributed by atoms with Gasteiger partial charge in [0, 0.05) is 6.54 Å². The Morgan fingerprint density at radius 1 is 1.32 bits per heavy atom. The number of hydrogen-bond donors (Lipinski definition) is 3. The minimum absolute atomic E-state index is 0.238. The molecule has 2 aromatic rings. The maximum Gasteiger partial charge on any atom is 0.411 e. The van der Waals surface area contributed by atoms with E-state index < -0.39 is 6.09 Å².